The molecule has 0 spiro atoms. The fourth-order valence-electron chi connectivity index (χ4n) is 3.97. The molecule has 1 fully saturated rings. The number of amides is 1. The van der Waals surface area contributed by atoms with Crippen molar-refractivity contribution in [3.05, 3.63) is 52.6 Å². The Hall–Kier alpha value is -2.12. The third-order valence-corrected chi connectivity index (χ3v) is 5.47. The maximum Gasteiger partial charge on any atom is 0.425 e. The summed E-state index contributed by atoms with van der Waals surface area (Å²) in [5.74, 6) is -0.287. The second-order valence-corrected chi connectivity index (χ2v) is 6.88. The van der Waals surface area contributed by atoms with E-state index in [-0.39, 0.29) is 23.1 Å². The molecule has 0 radical (unpaired) electrons. The maximum atomic E-state index is 13.8. The Balaban J connectivity index is 1.74. The first kappa shape index (κ1) is 17.3. The average Bonchev–Trinajstić information content (AvgIpc) is 2.84. The lowest BCUT2D eigenvalue weighted by atomic mass is 9.84. The highest BCUT2D eigenvalue weighted by Gasteiger charge is 2.61. The van der Waals surface area contributed by atoms with Crippen molar-refractivity contribution in [2.45, 2.75) is 30.7 Å². The van der Waals surface area contributed by atoms with Gasteiger partial charge in [0, 0.05) is 36.9 Å². The largest absolute Gasteiger partial charge is 0.425 e. The summed E-state index contributed by atoms with van der Waals surface area (Å²) >= 11 is 0. The number of alkyl halides is 3. The molecule has 0 bridgehead atoms. The molecule has 3 aliphatic rings. The van der Waals surface area contributed by atoms with Crippen molar-refractivity contribution >= 4 is 11.5 Å². The van der Waals surface area contributed by atoms with E-state index in [9.17, 15) is 23.1 Å². The Kier molecular flexibility index (Phi) is 3.79. The summed E-state index contributed by atoms with van der Waals surface area (Å²) in [5.41, 5.74) is -2.28. The van der Waals surface area contributed by atoms with Crippen LogP contribution in [0.1, 0.15) is 24.0 Å². The van der Waals surface area contributed by atoms with E-state index in [4.69, 9.17) is 4.74 Å². The van der Waals surface area contributed by atoms with Crippen LogP contribution in [0.15, 0.2) is 41.5 Å². The number of methoxy groups -OCH3 is 1. The lowest BCUT2D eigenvalue weighted by molar-refractivity contribution is -0.247. The normalized spacial score (nSPS) is 25.6. The van der Waals surface area contributed by atoms with Gasteiger partial charge in [0.2, 0.25) is 11.5 Å². The van der Waals surface area contributed by atoms with Crippen molar-refractivity contribution in [1.29, 1.82) is 0 Å². The number of fused-ring (bicyclic) bond motifs is 2. The number of hydrogen-bond acceptors (Lipinski definition) is 3. The molecule has 1 atom stereocenters. The number of nitrogens with zero attached hydrogens (tertiary/aromatic N) is 1. The molecule has 26 heavy (non-hydrogen) atoms. The van der Waals surface area contributed by atoms with E-state index in [1.54, 1.807) is 24.1 Å². The van der Waals surface area contributed by atoms with Gasteiger partial charge in [-0.3, -0.25) is 4.79 Å². The second kappa shape index (κ2) is 5.69. The minimum absolute atomic E-state index is 0.0271. The Labute approximate surface area is 148 Å². The number of hydrogen-bond donors (Lipinski definition) is 1. The number of carbonyl (C=O) groups is 1. The fourth-order valence-corrected chi connectivity index (χ4v) is 3.97. The zero-order valence-corrected chi connectivity index (χ0v) is 14.1. The highest BCUT2D eigenvalue weighted by Crippen LogP contribution is 2.56. The molecule has 1 aliphatic heterocycles. The summed E-state index contributed by atoms with van der Waals surface area (Å²) in [6.45, 7) is 0.866. The fraction of sp³-hybridized carbons (Fsp3) is 0.421. The molecule has 1 saturated heterocycles. The first-order chi connectivity index (χ1) is 12.3. The Bertz CT molecular complexity index is 837. The minimum atomic E-state index is -4.87. The monoisotopic (exact) mass is 365 g/mol. The third-order valence-electron chi connectivity index (χ3n) is 5.47. The summed E-state index contributed by atoms with van der Waals surface area (Å²) in [6, 6.07) is 6.03. The number of carbonyl (C=O) groups excluding carboxylic acids is 1. The predicted octanol–water partition coefficient (Wildman–Crippen LogP) is 2.78. The first-order valence-corrected chi connectivity index (χ1v) is 8.42. The molecule has 2 aliphatic carbocycles. The van der Waals surface area contributed by atoms with Gasteiger partial charge in [-0.2, -0.15) is 13.2 Å². The second-order valence-electron chi connectivity index (χ2n) is 6.88. The topological polar surface area (TPSA) is 49.8 Å². The van der Waals surface area contributed by atoms with Crippen molar-refractivity contribution in [2.75, 3.05) is 20.2 Å². The van der Waals surface area contributed by atoms with Crippen molar-refractivity contribution in [1.82, 2.24) is 4.90 Å². The van der Waals surface area contributed by atoms with Crippen LogP contribution in [0, 0.1) is 0 Å². The molecule has 1 aromatic carbocycles. The molecule has 1 amide bonds. The zero-order chi connectivity index (χ0) is 18.7. The average molecular weight is 365 g/mol. The molecule has 1 N–H and O–H groups in total. The van der Waals surface area contributed by atoms with E-state index in [2.05, 4.69) is 0 Å². The summed E-state index contributed by atoms with van der Waals surface area (Å²) < 4.78 is 46.6. The Morgan fingerprint density at radius 2 is 1.96 bits per heavy atom. The van der Waals surface area contributed by atoms with Crippen LogP contribution >= 0.6 is 0 Å². The number of aliphatic hydroxyl groups is 1. The molecular formula is C19H18F3NO3. The van der Waals surface area contributed by atoms with Gasteiger partial charge in [0.1, 0.15) is 0 Å². The summed E-state index contributed by atoms with van der Waals surface area (Å²) in [5, 5.41) is 10.7. The minimum Gasteiger partial charge on any atom is -0.378 e. The van der Waals surface area contributed by atoms with E-state index in [1.165, 1.54) is 18.2 Å². The van der Waals surface area contributed by atoms with Crippen LogP contribution in [0.5, 0.6) is 0 Å². The van der Waals surface area contributed by atoms with Gasteiger partial charge >= 0.3 is 6.18 Å². The summed E-state index contributed by atoms with van der Waals surface area (Å²) in [4.78, 5) is 14.1. The van der Waals surface area contributed by atoms with E-state index in [0.29, 0.717) is 42.6 Å². The lowest BCUT2D eigenvalue weighted by Gasteiger charge is -2.39. The van der Waals surface area contributed by atoms with Gasteiger partial charge in [-0.25, -0.2) is 0 Å². The van der Waals surface area contributed by atoms with Gasteiger partial charge in [0.05, 0.1) is 6.10 Å². The van der Waals surface area contributed by atoms with Crippen LogP contribution in [-0.2, 0) is 15.1 Å². The molecule has 4 nitrogen and oxygen atoms in total. The van der Waals surface area contributed by atoms with Crippen molar-refractivity contribution in [3.8, 4) is 0 Å². The van der Waals surface area contributed by atoms with Crippen LogP contribution in [0.3, 0.4) is 0 Å². The van der Waals surface area contributed by atoms with Crippen LogP contribution in [0.2, 0.25) is 0 Å². The van der Waals surface area contributed by atoms with Crippen LogP contribution in [-0.4, -0.2) is 48.4 Å². The molecule has 1 heterocycles. The SMILES string of the molecule is COC1CN(C(=O)C2=CC3=C(CC2)c2ccccc2C3(O)C(F)(F)F)C1. The zero-order valence-electron chi connectivity index (χ0n) is 14.1. The molecule has 0 saturated carbocycles. The number of ether oxygens (including phenoxy) is 1. The van der Waals surface area contributed by atoms with Gasteiger partial charge < -0.3 is 14.7 Å². The predicted molar refractivity (Wildman–Crippen MR) is 88.0 cm³/mol. The molecule has 0 aromatic heterocycles. The van der Waals surface area contributed by atoms with Crippen molar-refractivity contribution in [3.63, 3.8) is 0 Å². The van der Waals surface area contributed by atoms with E-state index >= 15 is 0 Å². The van der Waals surface area contributed by atoms with E-state index in [0.717, 1.165) is 0 Å². The molecule has 7 heteroatoms. The van der Waals surface area contributed by atoms with Gasteiger partial charge in [-0.1, -0.05) is 24.3 Å². The Morgan fingerprint density at radius 3 is 2.62 bits per heavy atom. The van der Waals surface area contributed by atoms with Crippen LogP contribution < -0.4 is 0 Å². The van der Waals surface area contributed by atoms with E-state index in [1.807, 2.05) is 0 Å². The number of rotatable bonds is 2. The number of allylic oxidation sites excluding steroid dienone is 1. The molecule has 1 unspecified atom stereocenters. The van der Waals surface area contributed by atoms with E-state index < -0.39 is 11.8 Å². The molecule has 138 valence electrons. The molecular weight excluding hydrogens is 347 g/mol. The highest BCUT2D eigenvalue weighted by atomic mass is 19.4. The summed E-state index contributed by atoms with van der Waals surface area (Å²) in [6.07, 6.45) is -3.01. The molecule has 1 aromatic rings. The maximum absolute atomic E-state index is 13.8. The third kappa shape index (κ3) is 2.27. The van der Waals surface area contributed by atoms with Gasteiger partial charge in [-0.05, 0) is 30.1 Å². The highest BCUT2D eigenvalue weighted by molar-refractivity contribution is 5.97. The van der Waals surface area contributed by atoms with Crippen LogP contribution in [0.25, 0.3) is 5.57 Å². The van der Waals surface area contributed by atoms with Gasteiger partial charge in [0.25, 0.3) is 0 Å². The van der Waals surface area contributed by atoms with Gasteiger partial charge in [-0.15, -0.1) is 0 Å². The number of benzene rings is 1. The first-order valence-electron chi connectivity index (χ1n) is 8.42. The smallest absolute Gasteiger partial charge is 0.378 e. The summed E-state index contributed by atoms with van der Waals surface area (Å²) in [7, 11) is 1.56. The van der Waals surface area contributed by atoms with Crippen molar-refractivity contribution in [2.24, 2.45) is 0 Å². The molecule has 4 rings (SSSR count). The van der Waals surface area contributed by atoms with Gasteiger partial charge in [0.15, 0.2) is 0 Å². The van der Waals surface area contributed by atoms with Crippen LogP contribution in [0.4, 0.5) is 13.2 Å². The lowest BCUT2D eigenvalue weighted by Crippen LogP contribution is -2.54. The quantitative estimate of drug-likeness (QED) is 0.877. The number of likely N-dealkylation sites (tertiary alicyclic amines) is 1. The Morgan fingerprint density at radius 1 is 1.27 bits per heavy atom. The number of halogens is 3. The standard InChI is InChI=1S/C19H18F3NO3/c1-26-12-9-23(10-12)17(24)11-6-7-14-13-4-2-3-5-15(13)18(25,16(14)8-11)19(20,21)22/h2-5,8,12,25H,6-7,9-10H2,1H3. The van der Waals surface area contributed by atoms with Crippen molar-refractivity contribution < 1.29 is 27.8 Å².